The summed E-state index contributed by atoms with van der Waals surface area (Å²) < 4.78 is 37.3. The molecule has 0 bridgehead atoms. The van der Waals surface area contributed by atoms with Gasteiger partial charge in [0.25, 0.3) is 0 Å². The first-order valence-corrected chi connectivity index (χ1v) is 10.4. The third-order valence-electron chi connectivity index (χ3n) is 4.43. The number of anilines is 1. The van der Waals surface area contributed by atoms with Crippen molar-refractivity contribution in [2.24, 2.45) is 5.92 Å². The second kappa shape index (κ2) is 7.07. The Kier molecular flexibility index (Phi) is 5.03. The highest BCUT2D eigenvalue weighted by Gasteiger charge is 2.25. The van der Waals surface area contributed by atoms with Crippen LogP contribution in [0.3, 0.4) is 0 Å². The average molecular weight is 363 g/mol. The molecule has 1 fully saturated rings. The van der Waals surface area contributed by atoms with Crippen LogP contribution in [0.2, 0.25) is 0 Å². The quantitative estimate of drug-likeness (QED) is 0.836. The third-order valence-corrected chi connectivity index (χ3v) is 5.51. The molecule has 1 saturated heterocycles. The van der Waals surface area contributed by atoms with E-state index in [-0.39, 0.29) is 17.5 Å². The lowest BCUT2D eigenvalue weighted by Crippen LogP contribution is -2.39. The van der Waals surface area contributed by atoms with E-state index in [0.29, 0.717) is 23.8 Å². The van der Waals surface area contributed by atoms with E-state index in [1.807, 2.05) is 11.8 Å². The molecule has 1 atom stereocenters. The van der Waals surface area contributed by atoms with Crippen LogP contribution in [0.4, 0.5) is 10.3 Å². The molecule has 3 rings (SSSR count). The van der Waals surface area contributed by atoms with Gasteiger partial charge in [-0.2, -0.15) is 0 Å². The first-order valence-electron chi connectivity index (χ1n) is 8.35. The van der Waals surface area contributed by atoms with Gasteiger partial charge in [-0.3, -0.25) is 0 Å². The minimum absolute atomic E-state index is 0.0746. The van der Waals surface area contributed by atoms with Crippen LogP contribution in [-0.2, 0) is 9.84 Å². The number of aromatic nitrogens is 2. The smallest absolute Gasteiger partial charge is 0.225 e. The highest BCUT2D eigenvalue weighted by molar-refractivity contribution is 7.90. The monoisotopic (exact) mass is 363 g/mol. The summed E-state index contributed by atoms with van der Waals surface area (Å²) in [5.74, 6) is 0.465. The Morgan fingerprint density at radius 2 is 2.08 bits per heavy atom. The van der Waals surface area contributed by atoms with Crippen molar-refractivity contribution >= 4 is 15.8 Å². The summed E-state index contributed by atoms with van der Waals surface area (Å²) in [6, 6.07) is 6.55. The van der Waals surface area contributed by atoms with Gasteiger partial charge in [-0.05, 0) is 43.4 Å². The fraction of sp³-hybridized carbons (Fsp3) is 0.444. The molecule has 0 spiro atoms. The van der Waals surface area contributed by atoms with Gasteiger partial charge in [0.05, 0.1) is 11.4 Å². The van der Waals surface area contributed by atoms with E-state index in [1.54, 1.807) is 24.4 Å². The predicted octanol–water partition coefficient (Wildman–Crippen LogP) is 2.85. The van der Waals surface area contributed by atoms with Crippen molar-refractivity contribution < 1.29 is 12.8 Å². The Morgan fingerprint density at radius 1 is 1.32 bits per heavy atom. The van der Waals surface area contributed by atoms with E-state index < -0.39 is 9.84 Å². The molecule has 1 unspecified atom stereocenters. The van der Waals surface area contributed by atoms with E-state index in [4.69, 9.17) is 0 Å². The van der Waals surface area contributed by atoms with Crippen LogP contribution in [-0.4, -0.2) is 43.5 Å². The van der Waals surface area contributed by atoms with Crippen LogP contribution in [0.5, 0.6) is 0 Å². The van der Waals surface area contributed by atoms with Crippen molar-refractivity contribution in [3.63, 3.8) is 0 Å². The van der Waals surface area contributed by atoms with Gasteiger partial charge >= 0.3 is 0 Å². The summed E-state index contributed by atoms with van der Waals surface area (Å²) in [5.41, 5.74) is 1.83. The van der Waals surface area contributed by atoms with Crippen LogP contribution in [0.15, 0.2) is 30.5 Å². The van der Waals surface area contributed by atoms with Gasteiger partial charge in [0.2, 0.25) is 5.95 Å². The topological polar surface area (TPSA) is 63.2 Å². The predicted molar refractivity (Wildman–Crippen MR) is 96.8 cm³/mol. The summed E-state index contributed by atoms with van der Waals surface area (Å²) in [6.45, 7) is 3.24. The van der Waals surface area contributed by atoms with Crippen molar-refractivity contribution in [2.75, 3.05) is 30.0 Å². The molecule has 1 aromatic heterocycles. The lowest BCUT2D eigenvalue weighted by atomic mass is 10.0. The zero-order valence-corrected chi connectivity index (χ0v) is 15.3. The standard InChI is InChI=1S/C18H22FN3O2S/c1-13-10-20-18(21-17(13)15-7-3-4-8-16(15)19)22-9-5-6-14(11-22)12-25(2,23)24/h3-4,7-8,10,14H,5-6,9,11-12H2,1-2H3. The molecular weight excluding hydrogens is 341 g/mol. The van der Waals surface area contributed by atoms with Crippen molar-refractivity contribution in [3.05, 3.63) is 41.8 Å². The highest BCUT2D eigenvalue weighted by Crippen LogP contribution is 2.27. The van der Waals surface area contributed by atoms with Gasteiger partial charge < -0.3 is 4.90 Å². The van der Waals surface area contributed by atoms with Gasteiger partial charge in [0, 0.05) is 31.1 Å². The lowest BCUT2D eigenvalue weighted by molar-refractivity contribution is 0.440. The van der Waals surface area contributed by atoms with E-state index in [1.165, 1.54) is 12.3 Å². The van der Waals surface area contributed by atoms with E-state index in [2.05, 4.69) is 9.97 Å². The summed E-state index contributed by atoms with van der Waals surface area (Å²) in [7, 11) is -3.01. The van der Waals surface area contributed by atoms with Crippen molar-refractivity contribution in [3.8, 4) is 11.3 Å². The number of aryl methyl sites for hydroxylation is 1. The van der Waals surface area contributed by atoms with Crippen LogP contribution < -0.4 is 4.90 Å². The van der Waals surface area contributed by atoms with Crippen LogP contribution in [0, 0.1) is 18.7 Å². The van der Waals surface area contributed by atoms with Gasteiger partial charge in [0.1, 0.15) is 15.7 Å². The number of halogens is 1. The SMILES string of the molecule is Cc1cnc(N2CCCC(CS(C)(=O)=O)C2)nc1-c1ccccc1F. The molecule has 5 nitrogen and oxygen atoms in total. The summed E-state index contributed by atoms with van der Waals surface area (Å²) in [6.07, 6.45) is 4.75. The molecular formula is C18H22FN3O2S. The van der Waals surface area contributed by atoms with Gasteiger partial charge in [0.15, 0.2) is 0 Å². The van der Waals surface area contributed by atoms with E-state index >= 15 is 0 Å². The van der Waals surface area contributed by atoms with E-state index in [9.17, 15) is 12.8 Å². The largest absolute Gasteiger partial charge is 0.341 e. The molecule has 2 heterocycles. The molecule has 1 aromatic carbocycles. The summed E-state index contributed by atoms with van der Waals surface area (Å²) in [4.78, 5) is 11.0. The zero-order valence-electron chi connectivity index (χ0n) is 14.4. The fourth-order valence-corrected chi connectivity index (χ4v) is 4.45. The Labute approximate surface area is 147 Å². The molecule has 7 heteroatoms. The normalized spacial score (nSPS) is 18.4. The summed E-state index contributed by atoms with van der Waals surface area (Å²) >= 11 is 0. The number of rotatable bonds is 4. The average Bonchev–Trinajstić information content (AvgIpc) is 2.55. The van der Waals surface area contributed by atoms with Gasteiger partial charge in [-0.25, -0.2) is 22.8 Å². The molecule has 0 amide bonds. The Morgan fingerprint density at radius 3 is 2.80 bits per heavy atom. The molecule has 25 heavy (non-hydrogen) atoms. The number of hydrogen-bond acceptors (Lipinski definition) is 5. The van der Waals surface area contributed by atoms with Crippen molar-refractivity contribution in [2.45, 2.75) is 19.8 Å². The molecule has 0 N–H and O–H groups in total. The number of sulfone groups is 1. The highest BCUT2D eigenvalue weighted by atomic mass is 32.2. The molecule has 134 valence electrons. The zero-order chi connectivity index (χ0) is 18.0. The first kappa shape index (κ1) is 17.8. The Hall–Kier alpha value is -2.02. The van der Waals surface area contributed by atoms with E-state index in [0.717, 1.165) is 24.9 Å². The minimum Gasteiger partial charge on any atom is -0.341 e. The first-order chi connectivity index (χ1) is 11.8. The molecule has 0 saturated carbocycles. The summed E-state index contributed by atoms with van der Waals surface area (Å²) in [5, 5.41) is 0. The maximum atomic E-state index is 14.1. The van der Waals surface area contributed by atoms with Gasteiger partial charge in [-0.1, -0.05) is 12.1 Å². The maximum Gasteiger partial charge on any atom is 0.225 e. The number of benzene rings is 1. The Bertz CT molecular complexity index is 870. The molecule has 2 aromatic rings. The van der Waals surface area contributed by atoms with Crippen LogP contribution in [0.25, 0.3) is 11.3 Å². The number of nitrogens with zero attached hydrogens (tertiary/aromatic N) is 3. The molecule has 0 aliphatic carbocycles. The Balaban J connectivity index is 1.88. The second-order valence-corrected chi connectivity index (χ2v) is 8.91. The second-order valence-electron chi connectivity index (χ2n) is 6.73. The number of piperidine rings is 1. The fourth-order valence-electron chi connectivity index (χ4n) is 3.32. The van der Waals surface area contributed by atoms with Gasteiger partial charge in [-0.15, -0.1) is 0 Å². The van der Waals surface area contributed by atoms with Crippen LogP contribution in [0.1, 0.15) is 18.4 Å². The van der Waals surface area contributed by atoms with Crippen molar-refractivity contribution in [1.82, 2.24) is 9.97 Å². The van der Waals surface area contributed by atoms with Crippen molar-refractivity contribution in [1.29, 1.82) is 0 Å². The minimum atomic E-state index is -3.01. The number of hydrogen-bond donors (Lipinski definition) is 0. The lowest BCUT2D eigenvalue weighted by Gasteiger charge is -2.32. The third kappa shape index (κ3) is 4.34. The maximum absolute atomic E-state index is 14.1. The molecule has 0 radical (unpaired) electrons. The molecule has 1 aliphatic heterocycles. The molecule has 1 aliphatic rings. The van der Waals surface area contributed by atoms with Crippen LogP contribution >= 0.6 is 0 Å².